The highest BCUT2D eigenvalue weighted by Crippen LogP contribution is 2.18. The van der Waals surface area contributed by atoms with Crippen LogP contribution in [0.15, 0.2) is 30.3 Å². The van der Waals surface area contributed by atoms with Crippen LogP contribution in [-0.4, -0.2) is 74.9 Å². The van der Waals surface area contributed by atoms with E-state index in [4.69, 9.17) is 9.47 Å². The predicted octanol–water partition coefficient (Wildman–Crippen LogP) is 1.82. The molecule has 0 saturated carbocycles. The monoisotopic (exact) mass is 347 g/mol. The lowest BCUT2D eigenvalue weighted by molar-refractivity contribution is 0.0442. The first kappa shape index (κ1) is 18.0. The fourth-order valence-corrected chi connectivity index (χ4v) is 3.43. The number of nitrogens with one attached hydrogen (secondary N) is 1. The summed E-state index contributed by atoms with van der Waals surface area (Å²) in [4.78, 5) is 16.5. The second-order valence-corrected chi connectivity index (χ2v) is 6.95. The molecule has 3 rings (SSSR count). The Hall–Kier alpha value is -1.79. The molecule has 2 heterocycles. The maximum absolute atomic E-state index is 12.2. The Morgan fingerprint density at radius 1 is 1.24 bits per heavy atom. The molecule has 138 valence electrons. The molecule has 25 heavy (non-hydrogen) atoms. The standard InChI is InChI=1S/C19H29N3O3/c1-24-11-5-9-21-10-8-16(13-21)12-20-19(23)22-14-18(15-22)25-17-6-3-2-4-7-17/h2-4,6-7,16,18H,5,8-15H2,1H3,(H,20,23)/t16-/m1/s1. The van der Waals surface area contributed by atoms with E-state index in [9.17, 15) is 4.79 Å². The number of methoxy groups -OCH3 is 1. The Kier molecular flexibility index (Phi) is 6.53. The van der Waals surface area contributed by atoms with Gasteiger partial charge in [-0.3, -0.25) is 0 Å². The van der Waals surface area contributed by atoms with Crippen LogP contribution in [0.2, 0.25) is 0 Å². The van der Waals surface area contributed by atoms with E-state index in [1.54, 1.807) is 7.11 Å². The molecule has 0 aliphatic carbocycles. The number of amides is 2. The molecule has 2 aliphatic rings. The molecule has 0 bridgehead atoms. The number of carbonyl (C=O) groups excluding carboxylic acids is 1. The van der Waals surface area contributed by atoms with Gasteiger partial charge in [0.2, 0.25) is 0 Å². The zero-order valence-corrected chi connectivity index (χ0v) is 15.0. The van der Waals surface area contributed by atoms with E-state index in [0.29, 0.717) is 19.0 Å². The summed E-state index contributed by atoms with van der Waals surface area (Å²) < 4.78 is 10.9. The van der Waals surface area contributed by atoms with Crippen molar-refractivity contribution in [3.05, 3.63) is 30.3 Å². The summed E-state index contributed by atoms with van der Waals surface area (Å²) in [5.74, 6) is 1.43. The summed E-state index contributed by atoms with van der Waals surface area (Å²) in [6.07, 6.45) is 2.34. The van der Waals surface area contributed by atoms with Crippen LogP contribution in [0, 0.1) is 5.92 Å². The van der Waals surface area contributed by atoms with Crippen molar-refractivity contribution in [1.29, 1.82) is 0 Å². The zero-order chi connectivity index (χ0) is 17.5. The molecule has 0 aromatic heterocycles. The van der Waals surface area contributed by atoms with Crippen molar-refractivity contribution >= 4 is 6.03 Å². The van der Waals surface area contributed by atoms with Crippen molar-refractivity contribution in [2.75, 3.05) is 53.0 Å². The average molecular weight is 347 g/mol. The smallest absolute Gasteiger partial charge is 0.317 e. The van der Waals surface area contributed by atoms with Crippen LogP contribution in [0.5, 0.6) is 5.75 Å². The van der Waals surface area contributed by atoms with Gasteiger partial charge < -0.3 is 24.6 Å². The van der Waals surface area contributed by atoms with Crippen LogP contribution in [-0.2, 0) is 4.74 Å². The molecular weight excluding hydrogens is 318 g/mol. The lowest BCUT2D eigenvalue weighted by Crippen LogP contribution is -2.59. The molecule has 2 aliphatic heterocycles. The van der Waals surface area contributed by atoms with Crippen LogP contribution < -0.4 is 10.1 Å². The van der Waals surface area contributed by atoms with Gasteiger partial charge in [0.1, 0.15) is 11.9 Å². The lowest BCUT2D eigenvalue weighted by atomic mass is 10.1. The number of hydrogen-bond donors (Lipinski definition) is 1. The van der Waals surface area contributed by atoms with Gasteiger partial charge in [-0.25, -0.2) is 4.79 Å². The molecule has 6 nitrogen and oxygen atoms in total. The van der Waals surface area contributed by atoms with Crippen LogP contribution in [0.4, 0.5) is 4.79 Å². The Bertz CT molecular complexity index is 534. The van der Waals surface area contributed by atoms with Gasteiger partial charge in [0.15, 0.2) is 0 Å². The third-order valence-electron chi connectivity index (χ3n) is 4.92. The molecule has 1 atom stereocenters. The zero-order valence-electron chi connectivity index (χ0n) is 15.0. The summed E-state index contributed by atoms with van der Waals surface area (Å²) in [6.45, 7) is 6.19. The SMILES string of the molecule is COCCCN1CC[C@H](CNC(=O)N2CC(Oc3ccccc3)C2)C1. The average Bonchev–Trinajstić information content (AvgIpc) is 3.05. The minimum Gasteiger partial charge on any atom is -0.487 e. The Balaban J connectivity index is 1.28. The van der Waals surface area contributed by atoms with E-state index < -0.39 is 0 Å². The highest BCUT2D eigenvalue weighted by molar-refractivity contribution is 5.75. The van der Waals surface area contributed by atoms with Gasteiger partial charge in [0, 0.05) is 33.4 Å². The van der Waals surface area contributed by atoms with Gasteiger partial charge in [-0.15, -0.1) is 0 Å². The lowest BCUT2D eigenvalue weighted by Gasteiger charge is -2.39. The fourth-order valence-electron chi connectivity index (χ4n) is 3.43. The summed E-state index contributed by atoms with van der Waals surface area (Å²) >= 11 is 0. The van der Waals surface area contributed by atoms with Crippen LogP contribution >= 0.6 is 0 Å². The molecule has 1 aromatic rings. The van der Waals surface area contributed by atoms with Gasteiger partial charge in [-0.05, 0) is 37.4 Å². The van der Waals surface area contributed by atoms with E-state index in [1.165, 1.54) is 0 Å². The number of hydrogen-bond acceptors (Lipinski definition) is 4. The molecular formula is C19H29N3O3. The predicted molar refractivity (Wildman–Crippen MR) is 96.9 cm³/mol. The van der Waals surface area contributed by atoms with E-state index in [1.807, 2.05) is 35.2 Å². The third-order valence-corrected chi connectivity index (χ3v) is 4.92. The van der Waals surface area contributed by atoms with Crippen LogP contribution in [0.25, 0.3) is 0 Å². The Morgan fingerprint density at radius 2 is 2.04 bits per heavy atom. The van der Waals surface area contributed by atoms with Crippen molar-refractivity contribution < 1.29 is 14.3 Å². The van der Waals surface area contributed by atoms with Crippen LogP contribution in [0.1, 0.15) is 12.8 Å². The fraction of sp³-hybridized carbons (Fsp3) is 0.632. The number of urea groups is 1. The van der Waals surface area contributed by atoms with Gasteiger partial charge in [0.05, 0.1) is 13.1 Å². The molecule has 1 aromatic carbocycles. The minimum absolute atomic E-state index is 0.0331. The molecule has 2 fully saturated rings. The molecule has 0 unspecified atom stereocenters. The van der Waals surface area contributed by atoms with E-state index in [0.717, 1.165) is 51.4 Å². The maximum Gasteiger partial charge on any atom is 0.317 e. The van der Waals surface area contributed by atoms with Crippen molar-refractivity contribution in [3.63, 3.8) is 0 Å². The minimum atomic E-state index is 0.0331. The number of nitrogens with zero attached hydrogens (tertiary/aromatic N) is 2. The first-order valence-electron chi connectivity index (χ1n) is 9.20. The Labute approximate surface area is 150 Å². The first-order chi connectivity index (χ1) is 12.2. The van der Waals surface area contributed by atoms with Gasteiger partial charge >= 0.3 is 6.03 Å². The largest absolute Gasteiger partial charge is 0.487 e. The molecule has 2 saturated heterocycles. The number of carbonyl (C=O) groups is 1. The molecule has 6 heteroatoms. The number of likely N-dealkylation sites (tertiary alicyclic amines) is 2. The molecule has 2 amide bonds. The highest BCUT2D eigenvalue weighted by atomic mass is 16.5. The van der Waals surface area contributed by atoms with Crippen molar-refractivity contribution in [2.24, 2.45) is 5.92 Å². The summed E-state index contributed by atoms with van der Waals surface area (Å²) in [5.41, 5.74) is 0. The summed E-state index contributed by atoms with van der Waals surface area (Å²) in [6, 6.07) is 9.81. The summed E-state index contributed by atoms with van der Waals surface area (Å²) in [5, 5.41) is 3.08. The Morgan fingerprint density at radius 3 is 2.80 bits per heavy atom. The summed E-state index contributed by atoms with van der Waals surface area (Å²) in [7, 11) is 1.74. The first-order valence-corrected chi connectivity index (χ1v) is 9.20. The van der Waals surface area contributed by atoms with Gasteiger partial charge in [-0.1, -0.05) is 18.2 Å². The second kappa shape index (κ2) is 9.06. The second-order valence-electron chi connectivity index (χ2n) is 6.95. The maximum atomic E-state index is 12.2. The number of para-hydroxylation sites is 1. The van der Waals surface area contributed by atoms with Crippen molar-refractivity contribution in [3.8, 4) is 5.75 Å². The third kappa shape index (κ3) is 5.34. The number of rotatable bonds is 8. The molecule has 0 radical (unpaired) electrons. The van der Waals surface area contributed by atoms with Gasteiger partial charge in [-0.2, -0.15) is 0 Å². The van der Waals surface area contributed by atoms with E-state index in [-0.39, 0.29) is 12.1 Å². The van der Waals surface area contributed by atoms with E-state index in [2.05, 4.69) is 10.2 Å². The molecule has 0 spiro atoms. The van der Waals surface area contributed by atoms with Crippen molar-refractivity contribution in [1.82, 2.24) is 15.1 Å². The quantitative estimate of drug-likeness (QED) is 0.729. The highest BCUT2D eigenvalue weighted by Gasteiger charge is 2.32. The number of benzene rings is 1. The van der Waals surface area contributed by atoms with Gasteiger partial charge in [0.25, 0.3) is 0 Å². The van der Waals surface area contributed by atoms with E-state index >= 15 is 0 Å². The topological polar surface area (TPSA) is 54.0 Å². The van der Waals surface area contributed by atoms with Crippen LogP contribution in [0.3, 0.4) is 0 Å². The normalized spacial score (nSPS) is 21.2. The number of ether oxygens (including phenoxy) is 2. The molecule has 1 N–H and O–H groups in total. The van der Waals surface area contributed by atoms with Crippen molar-refractivity contribution in [2.45, 2.75) is 18.9 Å².